The van der Waals surface area contributed by atoms with Crippen molar-refractivity contribution in [2.75, 3.05) is 26.9 Å². The molecule has 3 heteroatoms. The highest BCUT2D eigenvalue weighted by Gasteiger charge is 2.37. The van der Waals surface area contributed by atoms with E-state index in [4.69, 9.17) is 9.47 Å². The molecule has 2 aliphatic rings. The Morgan fingerprint density at radius 2 is 1.87 bits per heavy atom. The van der Waals surface area contributed by atoms with Crippen molar-refractivity contribution in [1.82, 2.24) is 4.90 Å². The summed E-state index contributed by atoms with van der Waals surface area (Å²) in [5, 5.41) is 0. The first-order valence-electron chi connectivity index (χ1n) is 9.03. The molecule has 1 unspecified atom stereocenters. The summed E-state index contributed by atoms with van der Waals surface area (Å²) in [6, 6.07) is 7.30. The fourth-order valence-corrected chi connectivity index (χ4v) is 3.83. The van der Waals surface area contributed by atoms with Gasteiger partial charge < -0.3 is 9.47 Å². The Kier molecular flexibility index (Phi) is 4.98. The molecule has 0 radical (unpaired) electrons. The Morgan fingerprint density at radius 1 is 1.09 bits per heavy atom. The first-order chi connectivity index (χ1) is 11.0. The Labute approximate surface area is 141 Å². The Morgan fingerprint density at radius 3 is 2.52 bits per heavy atom. The maximum Gasteiger partial charge on any atom is 0.119 e. The van der Waals surface area contributed by atoms with Crippen LogP contribution in [0.5, 0.6) is 5.75 Å². The zero-order chi connectivity index (χ0) is 16.4. The second kappa shape index (κ2) is 6.82. The van der Waals surface area contributed by atoms with Gasteiger partial charge in [0.1, 0.15) is 12.4 Å². The van der Waals surface area contributed by atoms with Gasteiger partial charge in [0.05, 0.1) is 6.61 Å². The smallest absolute Gasteiger partial charge is 0.119 e. The van der Waals surface area contributed by atoms with Crippen LogP contribution in [0.1, 0.15) is 69.5 Å². The molecule has 1 atom stereocenters. The molecule has 0 N–H and O–H groups in total. The topological polar surface area (TPSA) is 21.7 Å². The fourth-order valence-electron chi connectivity index (χ4n) is 3.83. The van der Waals surface area contributed by atoms with E-state index in [2.05, 4.69) is 43.9 Å². The first-order valence-corrected chi connectivity index (χ1v) is 9.03. The molecule has 3 rings (SSSR count). The quantitative estimate of drug-likeness (QED) is 0.720. The SMILES string of the molecule is COCCOc1ccc(C2CC2)c(C2CCCN2C(C)(C)C)c1. The van der Waals surface area contributed by atoms with Crippen molar-refractivity contribution in [3.8, 4) is 5.75 Å². The molecule has 128 valence electrons. The molecule has 23 heavy (non-hydrogen) atoms. The van der Waals surface area contributed by atoms with Gasteiger partial charge in [0.15, 0.2) is 0 Å². The third-order valence-corrected chi connectivity index (χ3v) is 5.11. The molecule has 0 amide bonds. The highest BCUT2D eigenvalue weighted by molar-refractivity contribution is 5.42. The molecule has 1 aliphatic heterocycles. The molecule has 1 aromatic rings. The largest absolute Gasteiger partial charge is 0.491 e. The van der Waals surface area contributed by atoms with Crippen LogP contribution in [0, 0.1) is 0 Å². The zero-order valence-corrected chi connectivity index (χ0v) is 15.1. The predicted octanol–water partition coefficient (Wildman–Crippen LogP) is 4.52. The van der Waals surface area contributed by atoms with Crippen molar-refractivity contribution in [2.24, 2.45) is 0 Å². The average Bonchev–Trinajstić information content (AvgIpc) is 3.22. The summed E-state index contributed by atoms with van der Waals surface area (Å²) in [4.78, 5) is 2.67. The molecular weight excluding hydrogens is 286 g/mol. The van der Waals surface area contributed by atoms with Gasteiger partial charge in [-0.05, 0) is 82.2 Å². The van der Waals surface area contributed by atoms with Gasteiger partial charge in [-0.2, -0.15) is 0 Å². The molecule has 1 aromatic carbocycles. The normalized spacial score (nSPS) is 22.5. The summed E-state index contributed by atoms with van der Waals surface area (Å²) >= 11 is 0. The molecule has 1 aliphatic carbocycles. The Hall–Kier alpha value is -1.06. The van der Waals surface area contributed by atoms with E-state index in [9.17, 15) is 0 Å². The number of rotatable bonds is 6. The maximum atomic E-state index is 5.88. The lowest BCUT2D eigenvalue weighted by Crippen LogP contribution is -2.40. The highest BCUT2D eigenvalue weighted by atomic mass is 16.5. The van der Waals surface area contributed by atoms with Crippen LogP contribution < -0.4 is 4.74 Å². The standard InChI is InChI=1S/C20H31NO2/c1-20(2,3)21-11-5-6-19(21)18-14-16(23-13-12-22-4)9-10-17(18)15-7-8-15/h9-10,14-15,19H,5-8,11-13H2,1-4H3. The van der Waals surface area contributed by atoms with Gasteiger partial charge in [0.25, 0.3) is 0 Å². The fraction of sp³-hybridized carbons (Fsp3) is 0.700. The van der Waals surface area contributed by atoms with E-state index in [-0.39, 0.29) is 5.54 Å². The van der Waals surface area contributed by atoms with E-state index in [1.165, 1.54) is 37.8 Å². The number of methoxy groups -OCH3 is 1. The van der Waals surface area contributed by atoms with Crippen LogP contribution in [-0.4, -0.2) is 37.3 Å². The summed E-state index contributed by atoms with van der Waals surface area (Å²) in [5.74, 6) is 1.77. The summed E-state index contributed by atoms with van der Waals surface area (Å²) in [5.41, 5.74) is 3.29. The van der Waals surface area contributed by atoms with Crippen LogP contribution in [-0.2, 0) is 4.74 Å². The van der Waals surface area contributed by atoms with Gasteiger partial charge in [-0.3, -0.25) is 4.90 Å². The summed E-state index contributed by atoms with van der Waals surface area (Å²) in [6.45, 7) is 9.46. The molecule has 1 saturated heterocycles. The van der Waals surface area contributed by atoms with E-state index in [0.717, 1.165) is 11.7 Å². The van der Waals surface area contributed by atoms with Crippen molar-refractivity contribution in [2.45, 2.75) is 64.0 Å². The van der Waals surface area contributed by atoms with Gasteiger partial charge in [0.2, 0.25) is 0 Å². The van der Waals surface area contributed by atoms with Crippen LogP contribution in [0.2, 0.25) is 0 Å². The van der Waals surface area contributed by atoms with Crippen LogP contribution >= 0.6 is 0 Å². The molecular formula is C20H31NO2. The van der Waals surface area contributed by atoms with E-state index in [1.807, 2.05) is 0 Å². The minimum Gasteiger partial charge on any atom is -0.491 e. The number of hydrogen-bond acceptors (Lipinski definition) is 3. The maximum absolute atomic E-state index is 5.88. The van der Waals surface area contributed by atoms with E-state index in [1.54, 1.807) is 12.7 Å². The molecule has 3 nitrogen and oxygen atoms in total. The second-order valence-electron chi connectivity index (χ2n) is 7.93. The van der Waals surface area contributed by atoms with Gasteiger partial charge in [0, 0.05) is 18.7 Å². The van der Waals surface area contributed by atoms with Crippen LogP contribution in [0.4, 0.5) is 0 Å². The summed E-state index contributed by atoms with van der Waals surface area (Å²) < 4.78 is 11.0. The summed E-state index contributed by atoms with van der Waals surface area (Å²) in [6.07, 6.45) is 5.25. The number of nitrogens with zero attached hydrogens (tertiary/aromatic N) is 1. The molecule has 1 heterocycles. The van der Waals surface area contributed by atoms with Gasteiger partial charge in [-0.1, -0.05) is 6.07 Å². The zero-order valence-electron chi connectivity index (χ0n) is 15.1. The molecule has 0 spiro atoms. The molecule has 2 fully saturated rings. The predicted molar refractivity (Wildman–Crippen MR) is 94.2 cm³/mol. The van der Waals surface area contributed by atoms with Crippen LogP contribution in [0.3, 0.4) is 0 Å². The molecule has 1 saturated carbocycles. The number of ether oxygens (including phenoxy) is 2. The Bertz CT molecular complexity index is 531. The lowest BCUT2D eigenvalue weighted by molar-refractivity contribution is 0.120. The van der Waals surface area contributed by atoms with Crippen molar-refractivity contribution in [1.29, 1.82) is 0 Å². The highest BCUT2D eigenvalue weighted by Crippen LogP contribution is 2.47. The number of benzene rings is 1. The Balaban J connectivity index is 1.87. The second-order valence-corrected chi connectivity index (χ2v) is 7.93. The molecule has 0 bridgehead atoms. The lowest BCUT2D eigenvalue weighted by atomic mass is 9.93. The van der Waals surface area contributed by atoms with E-state index >= 15 is 0 Å². The van der Waals surface area contributed by atoms with Crippen LogP contribution in [0.15, 0.2) is 18.2 Å². The van der Waals surface area contributed by atoms with Gasteiger partial charge >= 0.3 is 0 Å². The monoisotopic (exact) mass is 317 g/mol. The molecule has 0 aromatic heterocycles. The minimum absolute atomic E-state index is 0.217. The van der Waals surface area contributed by atoms with Gasteiger partial charge in [-0.25, -0.2) is 0 Å². The van der Waals surface area contributed by atoms with E-state index < -0.39 is 0 Å². The number of likely N-dealkylation sites (tertiary alicyclic amines) is 1. The third-order valence-electron chi connectivity index (χ3n) is 5.11. The van der Waals surface area contributed by atoms with Gasteiger partial charge in [-0.15, -0.1) is 0 Å². The third kappa shape index (κ3) is 3.89. The number of hydrogen-bond donors (Lipinski definition) is 0. The minimum atomic E-state index is 0.217. The van der Waals surface area contributed by atoms with Crippen LogP contribution in [0.25, 0.3) is 0 Å². The lowest BCUT2D eigenvalue weighted by Gasteiger charge is -2.38. The average molecular weight is 317 g/mol. The first kappa shape index (κ1) is 16.8. The van der Waals surface area contributed by atoms with Crippen molar-refractivity contribution >= 4 is 0 Å². The van der Waals surface area contributed by atoms with Crippen molar-refractivity contribution in [3.63, 3.8) is 0 Å². The summed E-state index contributed by atoms with van der Waals surface area (Å²) in [7, 11) is 1.71. The van der Waals surface area contributed by atoms with Crippen molar-refractivity contribution in [3.05, 3.63) is 29.3 Å². The van der Waals surface area contributed by atoms with Crippen molar-refractivity contribution < 1.29 is 9.47 Å². The van der Waals surface area contributed by atoms with E-state index in [0.29, 0.717) is 19.3 Å².